The molecule has 1 aromatic rings. The molecule has 228 valence electrons. The molecule has 0 unspecified atom stereocenters. The maximum absolute atomic E-state index is 12.5. The number of carbonyl (C=O) groups is 1. The van der Waals surface area contributed by atoms with Crippen LogP contribution >= 0.6 is 0 Å². The second-order valence-corrected chi connectivity index (χ2v) is 16.6. The van der Waals surface area contributed by atoms with E-state index >= 15 is 0 Å². The lowest BCUT2D eigenvalue weighted by Crippen LogP contribution is -2.54. The fourth-order valence-corrected chi connectivity index (χ4v) is 8.92. The van der Waals surface area contributed by atoms with E-state index in [9.17, 15) is 4.79 Å². The molecule has 6 nitrogen and oxygen atoms in total. The van der Waals surface area contributed by atoms with Gasteiger partial charge in [-0.25, -0.2) is 0 Å². The Morgan fingerprint density at radius 2 is 1.49 bits per heavy atom. The van der Waals surface area contributed by atoms with E-state index in [1.54, 1.807) is 0 Å². The van der Waals surface area contributed by atoms with Gasteiger partial charge >= 0.3 is 0 Å². The molecular formula is C35H57N5O. The van der Waals surface area contributed by atoms with E-state index in [1.165, 1.54) is 77.3 Å². The Kier molecular flexibility index (Phi) is 7.66. The highest BCUT2D eigenvalue weighted by molar-refractivity contribution is 6.01. The third-order valence-electron chi connectivity index (χ3n) is 12.3. The van der Waals surface area contributed by atoms with E-state index in [4.69, 9.17) is 0 Å². The van der Waals surface area contributed by atoms with Gasteiger partial charge in [0.1, 0.15) is 0 Å². The smallest absolute Gasteiger partial charge is 0.231 e. The molecule has 4 atom stereocenters. The van der Waals surface area contributed by atoms with Crippen molar-refractivity contribution in [3.05, 3.63) is 29.8 Å². The van der Waals surface area contributed by atoms with Crippen molar-refractivity contribution in [2.45, 2.75) is 85.2 Å². The Balaban J connectivity index is 0.948. The van der Waals surface area contributed by atoms with Gasteiger partial charge in [0.05, 0.1) is 6.42 Å². The molecule has 6 heteroatoms. The average Bonchev–Trinajstić information content (AvgIpc) is 3.62. The zero-order valence-electron chi connectivity index (χ0n) is 27.2. The Morgan fingerprint density at radius 1 is 0.805 bits per heavy atom. The third-order valence-corrected chi connectivity index (χ3v) is 12.3. The minimum Gasteiger partial charge on any atom is -0.312 e. The van der Waals surface area contributed by atoms with Gasteiger partial charge in [-0.15, -0.1) is 0 Å². The molecule has 5 aliphatic heterocycles. The van der Waals surface area contributed by atoms with Gasteiger partial charge in [0.25, 0.3) is 0 Å². The molecule has 1 amide bonds. The van der Waals surface area contributed by atoms with Crippen LogP contribution in [0.25, 0.3) is 0 Å². The van der Waals surface area contributed by atoms with Gasteiger partial charge in [-0.2, -0.15) is 0 Å². The number of benzene rings is 1. The number of carbonyl (C=O) groups excluding carboxylic acids is 1. The highest BCUT2D eigenvalue weighted by atomic mass is 16.2. The molecule has 0 spiro atoms. The summed E-state index contributed by atoms with van der Waals surface area (Å²) in [5, 5.41) is 0. The van der Waals surface area contributed by atoms with E-state index in [0.717, 1.165) is 37.0 Å². The fraction of sp³-hybridized carbons (Fsp3) is 0.800. The number of hydrogen-bond donors (Lipinski definition) is 0. The summed E-state index contributed by atoms with van der Waals surface area (Å²) in [6, 6.07) is 8.30. The van der Waals surface area contributed by atoms with Crippen LogP contribution in [0.5, 0.6) is 0 Å². The summed E-state index contributed by atoms with van der Waals surface area (Å²) in [4.78, 5) is 25.6. The van der Waals surface area contributed by atoms with Crippen LogP contribution in [-0.2, 0) is 11.2 Å². The topological polar surface area (TPSA) is 33.3 Å². The van der Waals surface area contributed by atoms with Crippen molar-refractivity contribution < 1.29 is 4.79 Å². The van der Waals surface area contributed by atoms with E-state index in [-0.39, 0.29) is 17.0 Å². The van der Waals surface area contributed by atoms with E-state index < -0.39 is 0 Å². The lowest BCUT2D eigenvalue weighted by Gasteiger charge is -2.49. The van der Waals surface area contributed by atoms with Crippen LogP contribution in [0.3, 0.4) is 0 Å². The fourth-order valence-electron chi connectivity index (χ4n) is 8.92. The molecule has 5 aliphatic rings. The van der Waals surface area contributed by atoms with Crippen LogP contribution < -0.4 is 4.90 Å². The molecule has 0 radical (unpaired) electrons. The van der Waals surface area contributed by atoms with Crippen molar-refractivity contribution in [3.8, 4) is 0 Å². The molecule has 41 heavy (non-hydrogen) atoms. The van der Waals surface area contributed by atoms with Gasteiger partial charge in [-0.3, -0.25) is 14.6 Å². The third kappa shape index (κ3) is 5.63. The molecule has 1 aromatic carbocycles. The molecule has 0 aliphatic carbocycles. The minimum absolute atomic E-state index is 0.257. The summed E-state index contributed by atoms with van der Waals surface area (Å²) >= 11 is 0. The Labute approximate surface area is 250 Å². The van der Waals surface area contributed by atoms with Crippen LogP contribution in [0, 0.1) is 22.7 Å². The summed E-state index contributed by atoms with van der Waals surface area (Å²) in [6.07, 6.45) is 4.23. The van der Waals surface area contributed by atoms with E-state index in [1.807, 2.05) is 11.0 Å². The number of nitrogens with zero attached hydrogens (tertiary/aromatic N) is 5. The molecule has 0 bridgehead atoms. The summed E-state index contributed by atoms with van der Waals surface area (Å²) in [5.74, 6) is 1.88. The number of piperidine rings is 1. The maximum atomic E-state index is 12.5. The standard InChI is InChI=1S/C35H57N5O/c1-32(2,3)39-25-34(6)14-18-36(24-35(34,7)26-39)17-13-33(4,5)38-22-28-20-37(21-29(28)23-38)15-10-16-40-30-12-9-8-11-27(30)19-31(40)41/h8-9,11-12,28-29H,10,13-26H2,1-7H3/t28-,29+,34-,35+/m0/s1. The van der Waals surface area contributed by atoms with Crippen LogP contribution in [0.1, 0.15) is 73.3 Å². The SMILES string of the molecule is CC(C)(C)N1C[C@]2(C)CCN(CCC(C)(C)N3C[C@H]4CN(CCCN5C(=O)Cc6ccccc65)C[C@H]4C3)C[C@]2(C)C1. The van der Waals surface area contributed by atoms with Gasteiger partial charge in [0.2, 0.25) is 5.91 Å². The first-order chi connectivity index (χ1) is 19.3. The van der Waals surface area contributed by atoms with Crippen molar-refractivity contribution in [3.63, 3.8) is 0 Å². The van der Waals surface area contributed by atoms with Crippen LogP contribution in [-0.4, -0.2) is 109 Å². The van der Waals surface area contributed by atoms with Crippen molar-refractivity contribution in [1.82, 2.24) is 19.6 Å². The van der Waals surface area contributed by atoms with Crippen LogP contribution in [0.4, 0.5) is 5.69 Å². The van der Waals surface area contributed by atoms with Gasteiger partial charge in [-0.1, -0.05) is 32.0 Å². The maximum Gasteiger partial charge on any atom is 0.231 e. The van der Waals surface area contributed by atoms with Gasteiger partial charge in [-0.05, 0) is 108 Å². The van der Waals surface area contributed by atoms with Crippen molar-refractivity contribution >= 4 is 11.6 Å². The summed E-state index contributed by atoms with van der Waals surface area (Å²) in [7, 11) is 0. The number of para-hydroxylation sites is 1. The lowest BCUT2D eigenvalue weighted by molar-refractivity contribution is -0.117. The van der Waals surface area contributed by atoms with Gasteiger partial charge < -0.3 is 14.7 Å². The molecule has 6 rings (SSSR count). The molecule has 4 fully saturated rings. The first-order valence-corrected chi connectivity index (χ1v) is 16.6. The van der Waals surface area contributed by atoms with E-state index in [2.05, 4.69) is 86.3 Å². The Hall–Kier alpha value is -1.47. The number of fused-ring (bicyclic) bond motifs is 3. The van der Waals surface area contributed by atoms with Crippen molar-refractivity contribution in [2.24, 2.45) is 22.7 Å². The number of rotatable bonds is 8. The first kappa shape index (κ1) is 29.6. The average molecular weight is 564 g/mol. The van der Waals surface area contributed by atoms with Crippen molar-refractivity contribution in [1.29, 1.82) is 0 Å². The highest BCUT2D eigenvalue weighted by Gasteiger charge is 2.56. The largest absolute Gasteiger partial charge is 0.312 e. The molecule has 0 saturated carbocycles. The number of amides is 1. The first-order valence-electron chi connectivity index (χ1n) is 16.6. The molecule has 4 saturated heterocycles. The Bertz CT molecular complexity index is 1110. The number of anilines is 1. The quantitative estimate of drug-likeness (QED) is 0.453. The summed E-state index contributed by atoms with van der Waals surface area (Å²) in [6.45, 7) is 30.5. The van der Waals surface area contributed by atoms with Crippen LogP contribution in [0.15, 0.2) is 24.3 Å². The van der Waals surface area contributed by atoms with Gasteiger partial charge in [0, 0.05) is 69.1 Å². The molecule has 5 heterocycles. The molecule has 0 N–H and O–H groups in total. The summed E-state index contributed by atoms with van der Waals surface area (Å²) < 4.78 is 0. The lowest BCUT2D eigenvalue weighted by atomic mass is 9.63. The second-order valence-electron chi connectivity index (χ2n) is 16.6. The normalized spacial score (nSPS) is 33.5. The zero-order chi connectivity index (χ0) is 29.2. The van der Waals surface area contributed by atoms with Crippen molar-refractivity contribution in [2.75, 3.05) is 76.9 Å². The monoisotopic (exact) mass is 563 g/mol. The van der Waals surface area contributed by atoms with Crippen LogP contribution in [0.2, 0.25) is 0 Å². The highest BCUT2D eigenvalue weighted by Crippen LogP contribution is 2.53. The zero-order valence-corrected chi connectivity index (χ0v) is 27.2. The number of likely N-dealkylation sites (tertiary alicyclic amines) is 4. The minimum atomic E-state index is 0.257. The number of hydrogen-bond acceptors (Lipinski definition) is 5. The van der Waals surface area contributed by atoms with Gasteiger partial charge in [0.15, 0.2) is 0 Å². The molecular weight excluding hydrogens is 506 g/mol. The van der Waals surface area contributed by atoms with E-state index in [0.29, 0.717) is 17.3 Å². The Morgan fingerprint density at radius 3 is 2.20 bits per heavy atom. The molecule has 0 aromatic heterocycles. The predicted octanol–water partition coefficient (Wildman–Crippen LogP) is 4.83. The summed E-state index contributed by atoms with van der Waals surface area (Å²) in [5.41, 5.74) is 3.68. The predicted molar refractivity (Wildman–Crippen MR) is 169 cm³/mol. The second kappa shape index (κ2) is 10.6.